The van der Waals surface area contributed by atoms with Gasteiger partial charge in [0.1, 0.15) is 5.75 Å². The second-order valence-corrected chi connectivity index (χ2v) is 7.07. The molecule has 1 amide bonds. The third-order valence-electron chi connectivity index (χ3n) is 3.70. The van der Waals surface area contributed by atoms with Crippen LogP contribution in [0.5, 0.6) is 5.75 Å². The fourth-order valence-electron chi connectivity index (χ4n) is 2.57. The molecule has 1 fully saturated rings. The van der Waals surface area contributed by atoms with Crippen LogP contribution in [0, 0.1) is 5.92 Å². The Labute approximate surface area is 135 Å². The van der Waals surface area contributed by atoms with Crippen LogP contribution in [0.25, 0.3) is 0 Å². The molecule has 4 heteroatoms. The van der Waals surface area contributed by atoms with Crippen molar-refractivity contribution in [2.24, 2.45) is 5.92 Å². The zero-order chi connectivity index (χ0) is 15.2. The number of halogens is 1. The van der Waals surface area contributed by atoms with Gasteiger partial charge in [-0.3, -0.25) is 4.79 Å². The van der Waals surface area contributed by atoms with Crippen molar-refractivity contribution >= 4 is 21.8 Å². The summed E-state index contributed by atoms with van der Waals surface area (Å²) in [6.45, 7) is 4.81. The number of hydrogen-bond acceptors (Lipinski definition) is 2. The standard InChI is InChI=1S/C17H24BrNO2/c1-12(2)11-21-16-9-8-13(18)10-15(16)17(20)19-14-6-4-3-5-7-14/h8-10,12,14H,3-7,11H2,1-2H3,(H,19,20). The number of hydrogen-bond donors (Lipinski definition) is 1. The molecular formula is C17H24BrNO2. The van der Waals surface area contributed by atoms with E-state index in [-0.39, 0.29) is 5.91 Å². The number of nitrogens with one attached hydrogen (secondary N) is 1. The zero-order valence-electron chi connectivity index (χ0n) is 12.8. The van der Waals surface area contributed by atoms with Crippen molar-refractivity contribution in [3.63, 3.8) is 0 Å². The molecule has 0 atom stereocenters. The normalized spacial score (nSPS) is 16.0. The van der Waals surface area contributed by atoms with Crippen molar-refractivity contribution in [1.29, 1.82) is 0 Å². The molecule has 116 valence electrons. The van der Waals surface area contributed by atoms with Crippen LogP contribution in [0.15, 0.2) is 22.7 Å². The first kappa shape index (κ1) is 16.3. The molecule has 0 saturated heterocycles. The first-order valence-corrected chi connectivity index (χ1v) is 8.59. The molecule has 2 rings (SSSR count). The van der Waals surface area contributed by atoms with E-state index in [1.807, 2.05) is 18.2 Å². The smallest absolute Gasteiger partial charge is 0.255 e. The summed E-state index contributed by atoms with van der Waals surface area (Å²) in [6, 6.07) is 5.92. The van der Waals surface area contributed by atoms with Crippen LogP contribution in [0.3, 0.4) is 0 Å². The van der Waals surface area contributed by atoms with Crippen LogP contribution >= 0.6 is 15.9 Å². The maximum Gasteiger partial charge on any atom is 0.255 e. The van der Waals surface area contributed by atoms with Gasteiger partial charge >= 0.3 is 0 Å². The van der Waals surface area contributed by atoms with E-state index in [0.29, 0.717) is 29.9 Å². The molecule has 0 spiro atoms. The number of carbonyl (C=O) groups is 1. The highest BCUT2D eigenvalue weighted by atomic mass is 79.9. The summed E-state index contributed by atoms with van der Waals surface area (Å²) >= 11 is 3.43. The van der Waals surface area contributed by atoms with Crippen molar-refractivity contribution in [3.8, 4) is 5.75 Å². The van der Waals surface area contributed by atoms with Gasteiger partial charge in [0.25, 0.3) is 5.91 Å². The van der Waals surface area contributed by atoms with Gasteiger partial charge in [0.05, 0.1) is 12.2 Å². The minimum absolute atomic E-state index is 0.0260. The summed E-state index contributed by atoms with van der Waals surface area (Å²) in [5, 5.41) is 3.15. The van der Waals surface area contributed by atoms with Crippen LogP contribution < -0.4 is 10.1 Å². The average Bonchev–Trinajstić information content (AvgIpc) is 2.46. The van der Waals surface area contributed by atoms with Gasteiger partial charge < -0.3 is 10.1 Å². The fourth-order valence-corrected chi connectivity index (χ4v) is 2.93. The van der Waals surface area contributed by atoms with Gasteiger partial charge in [-0.2, -0.15) is 0 Å². The Bertz CT molecular complexity index is 482. The van der Waals surface area contributed by atoms with Gasteiger partial charge in [-0.05, 0) is 37.0 Å². The van der Waals surface area contributed by atoms with Gasteiger partial charge in [-0.25, -0.2) is 0 Å². The van der Waals surface area contributed by atoms with Crippen molar-refractivity contribution in [2.75, 3.05) is 6.61 Å². The lowest BCUT2D eigenvalue weighted by Gasteiger charge is -2.23. The van der Waals surface area contributed by atoms with Crippen LogP contribution in [0.1, 0.15) is 56.3 Å². The first-order valence-electron chi connectivity index (χ1n) is 7.79. The van der Waals surface area contributed by atoms with E-state index in [1.54, 1.807) is 0 Å². The molecule has 0 radical (unpaired) electrons. The molecule has 1 aliphatic carbocycles. The van der Waals surface area contributed by atoms with Gasteiger partial charge in [0.15, 0.2) is 0 Å². The number of ether oxygens (including phenoxy) is 1. The van der Waals surface area contributed by atoms with Gasteiger partial charge in [0, 0.05) is 10.5 Å². The second kappa shape index (κ2) is 7.83. The molecular weight excluding hydrogens is 330 g/mol. The van der Waals surface area contributed by atoms with Gasteiger partial charge in [-0.1, -0.05) is 49.0 Å². The summed E-state index contributed by atoms with van der Waals surface area (Å²) < 4.78 is 6.68. The van der Waals surface area contributed by atoms with Crippen LogP contribution in [0.4, 0.5) is 0 Å². The predicted octanol–water partition coefficient (Wildman–Crippen LogP) is 4.55. The SMILES string of the molecule is CC(C)COc1ccc(Br)cc1C(=O)NC1CCCCC1. The summed E-state index contributed by atoms with van der Waals surface area (Å²) in [6.07, 6.45) is 5.87. The van der Waals surface area contributed by atoms with Gasteiger partial charge in [0.2, 0.25) is 0 Å². The summed E-state index contributed by atoms with van der Waals surface area (Å²) in [5.41, 5.74) is 0.621. The highest BCUT2D eigenvalue weighted by Crippen LogP contribution is 2.25. The fraction of sp³-hybridized carbons (Fsp3) is 0.588. The second-order valence-electron chi connectivity index (χ2n) is 6.15. The monoisotopic (exact) mass is 353 g/mol. The minimum Gasteiger partial charge on any atom is -0.492 e. The molecule has 3 nitrogen and oxygen atoms in total. The Balaban J connectivity index is 2.08. The molecule has 0 heterocycles. The molecule has 1 aliphatic rings. The van der Waals surface area contributed by atoms with Gasteiger partial charge in [-0.15, -0.1) is 0 Å². The summed E-state index contributed by atoms with van der Waals surface area (Å²) in [4.78, 5) is 12.5. The Hall–Kier alpha value is -1.03. The Morgan fingerprint density at radius 2 is 2.05 bits per heavy atom. The number of benzene rings is 1. The molecule has 0 aliphatic heterocycles. The number of amides is 1. The minimum atomic E-state index is -0.0260. The largest absolute Gasteiger partial charge is 0.492 e. The molecule has 1 N–H and O–H groups in total. The third kappa shape index (κ3) is 5.03. The van der Waals surface area contributed by atoms with Crippen LogP contribution in [0.2, 0.25) is 0 Å². The topological polar surface area (TPSA) is 38.3 Å². The maximum absolute atomic E-state index is 12.5. The molecule has 1 aromatic rings. The first-order chi connectivity index (χ1) is 10.1. The molecule has 0 bridgehead atoms. The lowest BCUT2D eigenvalue weighted by atomic mass is 9.95. The molecule has 21 heavy (non-hydrogen) atoms. The molecule has 0 unspecified atom stereocenters. The van der Waals surface area contributed by atoms with Crippen molar-refractivity contribution in [1.82, 2.24) is 5.32 Å². The van der Waals surface area contributed by atoms with Crippen molar-refractivity contribution < 1.29 is 9.53 Å². The highest BCUT2D eigenvalue weighted by molar-refractivity contribution is 9.10. The lowest BCUT2D eigenvalue weighted by molar-refractivity contribution is 0.0922. The average molecular weight is 354 g/mol. The van der Waals surface area contributed by atoms with E-state index in [0.717, 1.165) is 17.3 Å². The van der Waals surface area contributed by atoms with Crippen LogP contribution in [-0.4, -0.2) is 18.6 Å². The zero-order valence-corrected chi connectivity index (χ0v) is 14.4. The third-order valence-corrected chi connectivity index (χ3v) is 4.19. The summed E-state index contributed by atoms with van der Waals surface area (Å²) in [7, 11) is 0. The van der Waals surface area contributed by atoms with Crippen LogP contribution in [-0.2, 0) is 0 Å². The Morgan fingerprint density at radius 1 is 1.33 bits per heavy atom. The lowest BCUT2D eigenvalue weighted by Crippen LogP contribution is -2.36. The van der Waals surface area contributed by atoms with E-state index >= 15 is 0 Å². The number of rotatable bonds is 5. The van der Waals surface area contributed by atoms with E-state index < -0.39 is 0 Å². The van der Waals surface area contributed by atoms with E-state index in [4.69, 9.17) is 4.74 Å². The quantitative estimate of drug-likeness (QED) is 0.843. The van der Waals surface area contributed by atoms with E-state index in [2.05, 4.69) is 35.1 Å². The van der Waals surface area contributed by atoms with Crippen molar-refractivity contribution in [2.45, 2.75) is 52.0 Å². The maximum atomic E-state index is 12.5. The Kier molecular flexibility index (Phi) is 6.09. The molecule has 0 aromatic heterocycles. The van der Waals surface area contributed by atoms with E-state index in [9.17, 15) is 4.79 Å². The molecule has 1 aromatic carbocycles. The number of carbonyl (C=O) groups excluding carboxylic acids is 1. The Morgan fingerprint density at radius 3 is 2.71 bits per heavy atom. The summed E-state index contributed by atoms with van der Waals surface area (Å²) in [5.74, 6) is 1.07. The van der Waals surface area contributed by atoms with E-state index in [1.165, 1.54) is 19.3 Å². The van der Waals surface area contributed by atoms with Crippen molar-refractivity contribution in [3.05, 3.63) is 28.2 Å². The predicted molar refractivity (Wildman–Crippen MR) is 88.8 cm³/mol. The highest BCUT2D eigenvalue weighted by Gasteiger charge is 2.19. The molecule has 1 saturated carbocycles.